The summed E-state index contributed by atoms with van der Waals surface area (Å²) in [5.41, 5.74) is 2.62. The van der Waals surface area contributed by atoms with Crippen molar-refractivity contribution in [2.45, 2.75) is 84.0 Å². The summed E-state index contributed by atoms with van der Waals surface area (Å²) in [5.74, 6) is 0.316. The van der Waals surface area contributed by atoms with Crippen LogP contribution in [-0.2, 0) is 9.53 Å². The van der Waals surface area contributed by atoms with Crippen molar-refractivity contribution >= 4 is 23.4 Å². The van der Waals surface area contributed by atoms with Gasteiger partial charge in [-0.15, -0.1) is 0 Å². The van der Waals surface area contributed by atoms with Crippen LogP contribution in [0, 0.1) is 12.3 Å². The lowest BCUT2D eigenvalue weighted by molar-refractivity contribution is -0.139. The molecule has 2 saturated heterocycles. The standard InChI is InChI=1S/C25H37N3O4/c1-17(2)32-24(31)26-19-5-10-22(18(3)15-19)27-13-4-11-25(16-27)12-14-28(23(25)30)20-6-8-21(29)9-7-20/h5,10,15,17,20-21,29H,4,6-9,11-14,16H2,1-3H3,(H,26,31). The van der Waals surface area contributed by atoms with Crippen LogP contribution in [0.15, 0.2) is 18.2 Å². The molecule has 7 heteroatoms. The van der Waals surface area contributed by atoms with Gasteiger partial charge in [0.1, 0.15) is 0 Å². The van der Waals surface area contributed by atoms with Crippen LogP contribution < -0.4 is 10.2 Å². The van der Waals surface area contributed by atoms with Gasteiger partial charge in [0.25, 0.3) is 0 Å². The van der Waals surface area contributed by atoms with Gasteiger partial charge in [-0.2, -0.15) is 0 Å². The third kappa shape index (κ3) is 4.72. The molecule has 1 aromatic rings. The highest BCUT2D eigenvalue weighted by Crippen LogP contribution is 2.44. The van der Waals surface area contributed by atoms with Gasteiger partial charge in [0.2, 0.25) is 5.91 Å². The summed E-state index contributed by atoms with van der Waals surface area (Å²) < 4.78 is 5.17. The van der Waals surface area contributed by atoms with Crippen molar-refractivity contribution in [1.82, 2.24) is 4.90 Å². The van der Waals surface area contributed by atoms with Gasteiger partial charge < -0.3 is 19.6 Å². The maximum atomic E-state index is 13.6. The summed E-state index contributed by atoms with van der Waals surface area (Å²) in [5, 5.41) is 12.6. The molecule has 4 rings (SSSR count). The molecular weight excluding hydrogens is 406 g/mol. The average molecular weight is 444 g/mol. The molecule has 0 aromatic heterocycles. The van der Waals surface area contributed by atoms with E-state index in [4.69, 9.17) is 4.74 Å². The van der Waals surface area contributed by atoms with E-state index in [0.29, 0.717) is 17.6 Å². The second-order valence-electron chi connectivity index (χ2n) is 10.1. The number of hydrogen-bond donors (Lipinski definition) is 2. The van der Waals surface area contributed by atoms with E-state index in [9.17, 15) is 14.7 Å². The van der Waals surface area contributed by atoms with Crippen LogP contribution in [0.1, 0.15) is 64.4 Å². The number of benzene rings is 1. The van der Waals surface area contributed by atoms with Crippen LogP contribution in [0.25, 0.3) is 0 Å². The summed E-state index contributed by atoms with van der Waals surface area (Å²) in [6.07, 6.45) is 5.50. The van der Waals surface area contributed by atoms with Crippen molar-refractivity contribution in [1.29, 1.82) is 0 Å². The first-order valence-electron chi connectivity index (χ1n) is 12.1. The zero-order valence-electron chi connectivity index (χ0n) is 19.6. The molecule has 7 nitrogen and oxygen atoms in total. The molecule has 1 spiro atoms. The molecule has 0 radical (unpaired) electrons. The molecule has 32 heavy (non-hydrogen) atoms. The molecule has 2 aliphatic heterocycles. The van der Waals surface area contributed by atoms with Crippen molar-refractivity contribution < 1.29 is 19.4 Å². The third-order valence-electron chi connectivity index (χ3n) is 7.36. The van der Waals surface area contributed by atoms with Crippen molar-refractivity contribution in [3.05, 3.63) is 23.8 Å². The predicted molar refractivity (Wildman–Crippen MR) is 125 cm³/mol. The number of aliphatic hydroxyl groups excluding tert-OH is 1. The lowest BCUT2D eigenvalue weighted by Gasteiger charge is -2.42. The van der Waals surface area contributed by atoms with Gasteiger partial charge in [0.05, 0.1) is 17.6 Å². The molecule has 1 unspecified atom stereocenters. The van der Waals surface area contributed by atoms with Gasteiger partial charge in [-0.05, 0) is 89.5 Å². The van der Waals surface area contributed by atoms with Crippen LogP contribution >= 0.6 is 0 Å². The number of anilines is 2. The Balaban J connectivity index is 1.44. The Kier molecular flexibility index (Phi) is 6.65. The smallest absolute Gasteiger partial charge is 0.411 e. The zero-order valence-corrected chi connectivity index (χ0v) is 19.6. The topological polar surface area (TPSA) is 82.1 Å². The Labute approximate surface area is 191 Å². The highest BCUT2D eigenvalue weighted by atomic mass is 16.6. The van der Waals surface area contributed by atoms with Crippen LogP contribution in [0.3, 0.4) is 0 Å². The second-order valence-corrected chi connectivity index (χ2v) is 10.1. The molecule has 176 valence electrons. The lowest BCUT2D eigenvalue weighted by atomic mass is 9.78. The first-order valence-corrected chi connectivity index (χ1v) is 12.1. The molecule has 1 saturated carbocycles. The first kappa shape index (κ1) is 22.9. The van der Waals surface area contributed by atoms with Crippen molar-refractivity contribution in [3.8, 4) is 0 Å². The van der Waals surface area contributed by atoms with E-state index in [2.05, 4.69) is 15.1 Å². The molecular formula is C25H37N3O4. The number of amides is 2. The largest absolute Gasteiger partial charge is 0.447 e. The number of rotatable bonds is 4. The van der Waals surface area contributed by atoms with Crippen molar-refractivity contribution in [2.75, 3.05) is 29.9 Å². The summed E-state index contributed by atoms with van der Waals surface area (Å²) in [7, 11) is 0. The van der Waals surface area contributed by atoms with E-state index in [1.807, 2.05) is 39.0 Å². The molecule has 1 aromatic carbocycles. The van der Waals surface area contributed by atoms with Gasteiger partial charge in [0, 0.05) is 37.1 Å². The normalized spacial score (nSPS) is 28.5. The first-order chi connectivity index (χ1) is 15.3. The molecule has 1 aliphatic carbocycles. The number of carbonyl (C=O) groups excluding carboxylic acids is 2. The quantitative estimate of drug-likeness (QED) is 0.733. The van der Waals surface area contributed by atoms with Gasteiger partial charge in [0.15, 0.2) is 0 Å². The summed E-state index contributed by atoms with van der Waals surface area (Å²) in [6, 6.07) is 6.20. The monoisotopic (exact) mass is 443 g/mol. The van der Waals surface area contributed by atoms with Gasteiger partial charge >= 0.3 is 6.09 Å². The third-order valence-corrected chi connectivity index (χ3v) is 7.36. The predicted octanol–water partition coefficient (Wildman–Crippen LogP) is 4.07. The number of hydrogen-bond acceptors (Lipinski definition) is 5. The molecule has 0 bridgehead atoms. The minimum absolute atomic E-state index is 0.165. The fraction of sp³-hybridized carbons (Fsp3) is 0.680. The minimum Gasteiger partial charge on any atom is -0.447 e. The molecule has 2 amide bonds. The van der Waals surface area contributed by atoms with Crippen molar-refractivity contribution in [3.63, 3.8) is 0 Å². The number of nitrogens with one attached hydrogen (secondary N) is 1. The van der Waals surface area contributed by atoms with Gasteiger partial charge in [-0.3, -0.25) is 10.1 Å². The van der Waals surface area contributed by atoms with E-state index >= 15 is 0 Å². The maximum Gasteiger partial charge on any atom is 0.411 e. The van der Waals surface area contributed by atoms with E-state index in [0.717, 1.165) is 75.8 Å². The van der Waals surface area contributed by atoms with E-state index in [1.54, 1.807) is 0 Å². The van der Waals surface area contributed by atoms with Crippen LogP contribution in [0.2, 0.25) is 0 Å². The Morgan fingerprint density at radius 1 is 1.19 bits per heavy atom. The van der Waals surface area contributed by atoms with E-state index < -0.39 is 6.09 Å². The lowest BCUT2D eigenvalue weighted by Crippen LogP contribution is -2.50. The minimum atomic E-state index is -0.448. The number of likely N-dealkylation sites (tertiary alicyclic amines) is 1. The maximum absolute atomic E-state index is 13.6. The Morgan fingerprint density at radius 3 is 2.62 bits per heavy atom. The van der Waals surface area contributed by atoms with Crippen LogP contribution in [0.5, 0.6) is 0 Å². The fourth-order valence-corrected chi connectivity index (χ4v) is 5.73. The Hall–Kier alpha value is -2.28. The number of nitrogens with zero attached hydrogens (tertiary/aromatic N) is 2. The summed E-state index contributed by atoms with van der Waals surface area (Å²) in [4.78, 5) is 29.9. The van der Waals surface area contributed by atoms with Crippen LogP contribution in [-0.4, -0.2) is 59.9 Å². The molecule has 1 atom stereocenters. The van der Waals surface area contributed by atoms with E-state index in [1.165, 1.54) is 0 Å². The van der Waals surface area contributed by atoms with Crippen molar-refractivity contribution in [2.24, 2.45) is 5.41 Å². The number of carbonyl (C=O) groups is 2. The average Bonchev–Trinajstić information content (AvgIpc) is 3.03. The molecule has 3 aliphatic rings. The van der Waals surface area contributed by atoms with Gasteiger partial charge in [-0.25, -0.2) is 4.79 Å². The second kappa shape index (κ2) is 9.30. The number of aryl methyl sites for hydroxylation is 1. The Bertz CT molecular complexity index is 850. The highest BCUT2D eigenvalue weighted by Gasteiger charge is 2.50. The fourth-order valence-electron chi connectivity index (χ4n) is 5.73. The number of ether oxygens (including phenoxy) is 1. The molecule has 2 N–H and O–H groups in total. The van der Waals surface area contributed by atoms with E-state index in [-0.39, 0.29) is 17.6 Å². The zero-order chi connectivity index (χ0) is 22.9. The SMILES string of the molecule is Cc1cc(NC(=O)OC(C)C)ccc1N1CCCC2(CCN(C3CCC(O)CC3)C2=O)C1. The highest BCUT2D eigenvalue weighted by molar-refractivity contribution is 5.87. The Morgan fingerprint density at radius 2 is 1.94 bits per heavy atom. The molecule has 2 heterocycles. The van der Waals surface area contributed by atoms with Gasteiger partial charge in [-0.1, -0.05) is 0 Å². The number of aliphatic hydroxyl groups is 1. The molecule has 3 fully saturated rings. The summed E-state index contributed by atoms with van der Waals surface area (Å²) in [6.45, 7) is 8.22. The van der Waals surface area contributed by atoms with Crippen LogP contribution in [0.4, 0.5) is 16.2 Å². The summed E-state index contributed by atoms with van der Waals surface area (Å²) >= 11 is 0. The number of piperidine rings is 1.